The summed E-state index contributed by atoms with van der Waals surface area (Å²) in [7, 11) is -17.7. The zero-order valence-corrected chi connectivity index (χ0v) is 70.9. The molecule has 39 heteroatoms. The van der Waals surface area contributed by atoms with Gasteiger partial charge in [-0.05, 0) is 159 Å². The zero-order valence-electron chi connectivity index (χ0n) is 67.6. The number of anilines is 1. The number of amides is 5. The second kappa shape index (κ2) is 39.7. The second-order valence-corrected chi connectivity index (χ2v) is 37.7. The first kappa shape index (κ1) is 92.2. The highest BCUT2D eigenvalue weighted by molar-refractivity contribution is 7.86. The fourth-order valence-corrected chi connectivity index (χ4v) is 18.0. The molecule has 2 fully saturated rings. The van der Waals surface area contributed by atoms with E-state index in [0.717, 1.165) is 38.3 Å². The van der Waals surface area contributed by atoms with Gasteiger partial charge in [0.15, 0.2) is 5.71 Å². The molecular formula is C82H102F2N11O22S4+. The van der Waals surface area contributed by atoms with Crippen LogP contribution < -0.4 is 25.6 Å². The van der Waals surface area contributed by atoms with Crippen molar-refractivity contribution in [1.82, 2.24) is 40.7 Å². The number of aryl methyl sites for hydroxylation is 1. The van der Waals surface area contributed by atoms with Crippen molar-refractivity contribution in [1.29, 1.82) is 5.26 Å². The molecule has 0 spiro atoms. The van der Waals surface area contributed by atoms with Gasteiger partial charge in [0.05, 0.1) is 111 Å². The van der Waals surface area contributed by atoms with Crippen LogP contribution in [0.4, 0.5) is 20.2 Å². The van der Waals surface area contributed by atoms with E-state index < -0.39 is 112 Å². The molecule has 5 aromatic rings. The Kier molecular flexibility index (Phi) is 30.3. The van der Waals surface area contributed by atoms with Crippen LogP contribution in [0.3, 0.4) is 0 Å². The number of nitrogens with one attached hydrogen (secondary N) is 3. The standard InChI is InChI=1S/C82H101F2N11O22S4/c1-80(2)67-45-64(120(107,108)109)22-24-70(67)93(31-5-7-41-118(101,102)103)72(80)26-18-56-11-9-12-57(19-27-73-81(3,4)68-46-65(121(110,111)112)23-25-71(68)94(73)32-6-8-42-119(104,105)106)77(56)117-63-20-15-55(16-21-63)17-28-74(96)86-30-34-114-36-38-116-40-39-115-37-35-113-33-29-75(97)87-49-61-52-92(90-89-61)51-59-14-10-13-58-50-91(53-66(58)59)76(98)44-60-43-69(88-78(60)99)79(100)95-54-82(83,84)47-62(95)48-85/h10,13-16,18-27,45-46,52,60,62,69H,5-9,11-12,17,28-44,47,49-51,53-54H2,1-4H3,(H6-,86,87,88,96,97,99,101,102,103,104,105,106,107,108,109,110,111,112)/p+1/t60-,62-,69-/m0/s1. The zero-order chi connectivity index (χ0) is 87.2. The lowest BCUT2D eigenvalue weighted by atomic mass is 9.81. The fraction of sp³-hybridized carbons (Fsp3) is 0.500. The van der Waals surface area contributed by atoms with Crippen LogP contribution >= 0.6 is 0 Å². The van der Waals surface area contributed by atoms with Gasteiger partial charge < -0.3 is 54.3 Å². The number of unbranched alkanes of at least 4 members (excludes halogenated alkanes) is 2. The lowest BCUT2D eigenvalue weighted by Crippen LogP contribution is -2.46. The van der Waals surface area contributed by atoms with Crippen molar-refractivity contribution in [2.75, 3.05) is 95.4 Å². The number of nitrogens with zero attached hydrogens (tertiary/aromatic N) is 8. The summed E-state index contributed by atoms with van der Waals surface area (Å²) in [4.78, 5) is 68.9. The normalized spacial score (nSPS) is 19.4. The van der Waals surface area contributed by atoms with Gasteiger partial charge in [-0.25, -0.2) is 13.5 Å². The fourth-order valence-electron chi connectivity index (χ4n) is 15.9. The van der Waals surface area contributed by atoms with E-state index in [1.54, 1.807) is 46.1 Å². The van der Waals surface area contributed by atoms with Gasteiger partial charge in [-0.3, -0.25) is 42.2 Å². The SMILES string of the molecule is CC1(C)C(/C=C/C2=C(Oc3ccc(CCC(=O)NCCOCCOCCOCCOCCC(=O)NCc4cn(Cc5cccc6c5CN(C(=O)C[C@@H]5C[C@@H](C(=O)N7CC(F)(F)C[C@H]7C#N)NC5=O)C6)nn4)cc3)C(=C/C=C3/N(CCCCS(=O)(=O)O)c4ccc(S(=O)(=O)O)cc4C3(C)C)/CCC2)=[N+](CCCCS(=O)(=O)O)c2ccc(S(=O)(=O)O)cc21. The number of alkyl halides is 2. The highest BCUT2D eigenvalue weighted by Crippen LogP contribution is 2.50. The van der Waals surface area contributed by atoms with Crippen molar-refractivity contribution in [3.8, 4) is 11.8 Å². The maximum absolute atomic E-state index is 14.0. The summed E-state index contributed by atoms with van der Waals surface area (Å²) < 4.78 is 197. The van der Waals surface area contributed by atoms with Crippen LogP contribution in [0.2, 0.25) is 0 Å². The minimum atomic E-state index is -4.61. The van der Waals surface area contributed by atoms with Crippen molar-refractivity contribution in [3.63, 3.8) is 0 Å². The molecule has 0 bridgehead atoms. The first-order chi connectivity index (χ1) is 57.2. The third-order valence-corrected chi connectivity index (χ3v) is 25.4. The number of carbonyl (C=O) groups is 5. The van der Waals surface area contributed by atoms with Crippen molar-refractivity contribution >= 4 is 87.1 Å². The molecule has 0 radical (unpaired) electrons. The molecule has 6 aliphatic rings. The number of nitriles is 1. The number of aromatic nitrogens is 3. The largest absolute Gasteiger partial charge is 0.457 e. The number of rotatable bonds is 42. The molecule has 5 aliphatic heterocycles. The topological polar surface area (TPSA) is 452 Å². The van der Waals surface area contributed by atoms with E-state index in [1.807, 2.05) is 91.8 Å². The van der Waals surface area contributed by atoms with Gasteiger partial charge in [-0.2, -0.15) is 43.5 Å². The molecule has 6 heterocycles. The summed E-state index contributed by atoms with van der Waals surface area (Å²) in [5.41, 5.74) is 7.76. The summed E-state index contributed by atoms with van der Waals surface area (Å²) in [6, 6.07) is 20.9. The van der Waals surface area contributed by atoms with Crippen LogP contribution in [0.25, 0.3) is 0 Å². The highest BCUT2D eigenvalue weighted by atomic mass is 32.2. The summed E-state index contributed by atoms with van der Waals surface area (Å²) in [6.45, 7) is 10.6. The maximum atomic E-state index is 14.0. The van der Waals surface area contributed by atoms with E-state index in [-0.39, 0.29) is 138 Å². The van der Waals surface area contributed by atoms with E-state index in [2.05, 4.69) is 26.3 Å². The van der Waals surface area contributed by atoms with Crippen molar-refractivity contribution < 1.29 is 113 Å². The Balaban J connectivity index is 0.599. The molecule has 4 aromatic carbocycles. The van der Waals surface area contributed by atoms with Gasteiger partial charge >= 0.3 is 0 Å². The predicted molar refractivity (Wildman–Crippen MR) is 436 cm³/mol. The number of hydrogen-bond acceptors (Lipinski definition) is 22. The Morgan fingerprint density at radius 2 is 1.39 bits per heavy atom. The Bertz CT molecular complexity index is 5400. The molecule has 2 saturated heterocycles. The van der Waals surface area contributed by atoms with Crippen LogP contribution in [0.1, 0.15) is 144 Å². The molecular weight excluding hydrogens is 1660 g/mol. The number of benzene rings is 4. The summed E-state index contributed by atoms with van der Waals surface area (Å²) in [5, 5.41) is 26.0. The van der Waals surface area contributed by atoms with Gasteiger partial charge in [-0.1, -0.05) is 55.5 Å². The van der Waals surface area contributed by atoms with Crippen molar-refractivity contribution in [2.45, 2.75) is 176 Å². The minimum absolute atomic E-state index is 0.0512. The summed E-state index contributed by atoms with van der Waals surface area (Å²) >= 11 is 0. The molecule has 3 atom stereocenters. The lowest BCUT2D eigenvalue weighted by Gasteiger charge is -2.27. The smallest absolute Gasteiger partial charge is 0.294 e. The molecule has 7 N–H and O–H groups in total. The molecule has 1 aromatic heterocycles. The number of fused-ring (bicyclic) bond motifs is 3. The molecule has 654 valence electrons. The Morgan fingerprint density at radius 1 is 0.736 bits per heavy atom. The molecule has 33 nitrogen and oxygen atoms in total. The Labute approximate surface area is 702 Å². The van der Waals surface area contributed by atoms with E-state index in [1.165, 1.54) is 24.3 Å². The number of allylic oxidation sites excluding steroid dienone is 7. The Hall–Kier alpha value is -9.57. The maximum Gasteiger partial charge on any atom is 0.294 e. The molecule has 0 saturated carbocycles. The third kappa shape index (κ3) is 24.7. The van der Waals surface area contributed by atoms with E-state index >= 15 is 0 Å². The monoisotopic (exact) mass is 1760 g/mol. The molecule has 5 amide bonds. The van der Waals surface area contributed by atoms with Crippen molar-refractivity contribution in [2.24, 2.45) is 5.92 Å². The van der Waals surface area contributed by atoms with Crippen LogP contribution in [-0.4, -0.2) is 225 Å². The average Bonchev–Trinajstić information content (AvgIpc) is 1.59. The summed E-state index contributed by atoms with van der Waals surface area (Å²) in [5.74, 6) is -6.05. The van der Waals surface area contributed by atoms with Gasteiger partial charge in [-0.15, -0.1) is 5.10 Å². The quantitative estimate of drug-likeness (QED) is 0.0113. The minimum Gasteiger partial charge on any atom is -0.457 e. The van der Waals surface area contributed by atoms with Gasteiger partial charge in [0.1, 0.15) is 35.8 Å². The number of halogens is 2. The molecule has 1 aliphatic carbocycles. The molecule has 121 heavy (non-hydrogen) atoms. The number of carbonyl (C=O) groups excluding carboxylic acids is 5. The van der Waals surface area contributed by atoms with E-state index in [4.69, 9.17) is 23.7 Å². The predicted octanol–water partition coefficient (Wildman–Crippen LogP) is 7.53. The van der Waals surface area contributed by atoms with Crippen molar-refractivity contribution in [3.05, 3.63) is 171 Å². The van der Waals surface area contributed by atoms with Gasteiger partial charge in [0.25, 0.3) is 46.4 Å². The summed E-state index contributed by atoms with van der Waals surface area (Å²) in [6.07, 6.45) is 11.6. The van der Waals surface area contributed by atoms with Crippen LogP contribution in [-0.2, 0) is 127 Å². The van der Waals surface area contributed by atoms with Crippen LogP contribution in [0, 0.1) is 17.2 Å². The van der Waals surface area contributed by atoms with Crippen LogP contribution in [0.15, 0.2) is 142 Å². The number of hydrogen-bond donors (Lipinski definition) is 7. The third-order valence-electron chi connectivity index (χ3n) is 22.1. The highest BCUT2D eigenvalue weighted by Gasteiger charge is 2.51. The Morgan fingerprint density at radius 3 is 2.07 bits per heavy atom. The lowest BCUT2D eigenvalue weighted by molar-refractivity contribution is -0.438. The molecule has 11 rings (SSSR count). The first-order valence-electron chi connectivity index (χ1n) is 39.9. The van der Waals surface area contributed by atoms with Gasteiger partial charge in [0, 0.05) is 98.7 Å². The first-order valence-corrected chi connectivity index (χ1v) is 46.0. The van der Waals surface area contributed by atoms with E-state index in [0.29, 0.717) is 116 Å². The number of ether oxygens (including phenoxy) is 5. The van der Waals surface area contributed by atoms with Gasteiger partial charge in [0.2, 0.25) is 35.2 Å². The average molecular weight is 1760 g/mol. The number of likely N-dealkylation sites (tertiary alicyclic amines) is 1. The molecule has 0 unspecified atom stereocenters. The van der Waals surface area contributed by atoms with Crippen LogP contribution in [0.5, 0.6) is 5.75 Å². The van der Waals surface area contributed by atoms with E-state index in [9.17, 15) is 89.9 Å². The second-order valence-electron chi connectivity index (χ2n) is 31.7.